The van der Waals surface area contributed by atoms with E-state index in [-0.39, 0.29) is 43.4 Å². The molecule has 1 aliphatic rings. The SMILES string of the molecule is CC(C)(c1ccc(OCC(O)CO)cc1)c1ccc(OCC(O)COc2ccc(C(C)(C)c3ccc(OCC4CO4)cc3)cc2)cc1. The molecule has 0 spiro atoms. The molecule has 3 atom stereocenters. The average molecular weight is 643 g/mol. The Balaban J connectivity index is 1.07. The Morgan fingerprint density at radius 1 is 0.553 bits per heavy atom. The first kappa shape index (κ1) is 34.3. The molecule has 250 valence electrons. The molecule has 47 heavy (non-hydrogen) atoms. The van der Waals surface area contributed by atoms with E-state index >= 15 is 0 Å². The predicted molar refractivity (Wildman–Crippen MR) is 181 cm³/mol. The smallest absolute Gasteiger partial charge is 0.122 e. The van der Waals surface area contributed by atoms with Crippen LogP contribution in [0.4, 0.5) is 0 Å². The molecule has 4 aromatic rings. The van der Waals surface area contributed by atoms with Crippen LogP contribution in [-0.2, 0) is 15.6 Å². The lowest BCUT2D eigenvalue weighted by atomic mass is 9.78. The van der Waals surface area contributed by atoms with Gasteiger partial charge in [-0.15, -0.1) is 0 Å². The summed E-state index contributed by atoms with van der Waals surface area (Å²) in [6.07, 6.45) is -1.47. The van der Waals surface area contributed by atoms with E-state index in [0.29, 0.717) is 23.9 Å². The van der Waals surface area contributed by atoms with Gasteiger partial charge in [0.05, 0.1) is 13.2 Å². The highest BCUT2D eigenvalue weighted by molar-refractivity contribution is 5.43. The fraction of sp³-hybridized carbons (Fsp3) is 0.385. The van der Waals surface area contributed by atoms with Gasteiger partial charge in [0, 0.05) is 10.8 Å². The predicted octanol–water partition coefficient (Wildman–Crippen LogP) is 5.67. The maximum Gasteiger partial charge on any atom is 0.122 e. The van der Waals surface area contributed by atoms with Gasteiger partial charge in [0.15, 0.2) is 0 Å². The zero-order valence-corrected chi connectivity index (χ0v) is 27.6. The van der Waals surface area contributed by atoms with Crippen molar-refractivity contribution in [2.24, 2.45) is 0 Å². The van der Waals surface area contributed by atoms with E-state index in [0.717, 1.165) is 29.0 Å². The Bertz CT molecular complexity index is 1530. The first-order chi connectivity index (χ1) is 22.5. The molecule has 0 aliphatic carbocycles. The number of ether oxygens (including phenoxy) is 5. The lowest BCUT2D eigenvalue weighted by Gasteiger charge is -2.27. The van der Waals surface area contributed by atoms with Gasteiger partial charge >= 0.3 is 0 Å². The fourth-order valence-electron chi connectivity index (χ4n) is 5.24. The van der Waals surface area contributed by atoms with Crippen LogP contribution in [0.15, 0.2) is 97.1 Å². The number of benzene rings is 4. The van der Waals surface area contributed by atoms with Gasteiger partial charge in [-0.2, -0.15) is 0 Å². The largest absolute Gasteiger partial charge is 0.491 e. The summed E-state index contributed by atoms with van der Waals surface area (Å²) in [7, 11) is 0. The minimum absolute atomic E-state index is 0.0394. The molecule has 8 nitrogen and oxygen atoms in total. The van der Waals surface area contributed by atoms with Crippen LogP contribution in [0.3, 0.4) is 0 Å². The maximum absolute atomic E-state index is 10.5. The van der Waals surface area contributed by atoms with Gasteiger partial charge in [0.25, 0.3) is 0 Å². The van der Waals surface area contributed by atoms with Gasteiger partial charge in [0.1, 0.15) is 67.7 Å². The van der Waals surface area contributed by atoms with E-state index in [1.54, 1.807) is 0 Å². The molecular weight excluding hydrogens is 596 g/mol. The molecule has 0 aromatic heterocycles. The quantitative estimate of drug-likeness (QED) is 0.127. The second-order valence-corrected chi connectivity index (χ2v) is 13.0. The molecule has 0 amide bonds. The van der Waals surface area contributed by atoms with Gasteiger partial charge in [-0.25, -0.2) is 0 Å². The van der Waals surface area contributed by atoms with Crippen LogP contribution in [0.25, 0.3) is 0 Å². The lowest BCUT2D eigenvalue weighted by molar-refractivity contribution is 0.0536. The second-order valence-electron chi connectivity index (χ2n) is 13.0. The minimum Gasteiger partial charge on any atom is -0.491 e. The first-order valence-corrected chi connectivity index (χ1v) is 16.1. The molecule has 0 radical (unpaired) electrons. The van der Waals surface area contributed by atoms with Crippen LogP contribution in [-0.4, -0.2) is 73.3 Å². The first-order valence-electron chi connectivity index (χ1n) is 16.1. The molecule has 3 unspecified atom stereocenters. The Morgan fingerprint density at radius 2 is 0.851 bits per heavy atom. The third kappa shape index (κ3) is 9.26. The van der Waals surface area contributed by atoms with Gasteiger partial charge in [-0.1, -0.05) is 76.2 Å². The monoisotopic (exact) mass is 642 g/mol. The third-order valence-electron chi connectivity index (χ3n) is 8.68. The van der Waals surface area contributed by atoms with Crippen molar-refractivity contribution in [3.63, 3.8) is 0 Å². The number of rotatable bonds is 17. The summed E-state index contributed by atoms with van der Waals surface area (Å²) < 4.78 is 28.2. The van der Waals surface area contributed by atoms with E-state index in [4.69, 9.17) is 28.8 Å². The molecule has 5 rings (SSSR count). The molecule has 0 bridgehead atoms. The average Bonchev–Trinajstić information content (AvgIpc) is 3.93. The standard InChI is InChI=1S/C39H46O8/c1-38(2,27-5-13-33(14-6-27)43-22-31(41)21-40)28-7-15-34(16-8-28)44-23-32(42)24-45-35-17-9-29(10-18-35)39(3,4)30-11-19-36(20-12-30)46-25-37-26-47-37/h5-20,31-32,37,40-42H,21-26H2,1-4H3. The van der Waals surface area contributed by atoms with Gasteiger partial charge in [-0.3, -0.25) is 0 Å². The number of hydrogen-bond donors (Lipinski definition) is 3. The molecule has 3 N–H and O–H groups in total. The lowest BCUT2D eigenvalue weighted by Crippen LogP contribution is -2.25. The summed E-state index contributed by atoms with van der Waals surface area (Å²) in [6.45, 7) is 9.95. The second kappa shape index (κ2) is 15.2. The molecule has 1 heterocycles. The normalized spacial score (nSPS) is 15.9. The van der Waals surface area contributed by atoms with E-state index in [2.05, 4.69) is 52.0 Å². The van der Waals surface area contributed by atoms with E-state index in [9.17, 15) is 10.2 Å². The molecule has 1 saturated heterocycles. The summed E-state index contributed by atoms with van der Waals surface area (Å²) >= 11 is 0. The van der Waals surface area contributed by atoms with Gasteiger partial charge in [0.2, 0.25) is 0 Å². The van der Waals surface area contributed by atoms with Crippen LogP contribution in [0, 0.1) is 0 Å². The van der Waals surface area contributed by atoms with E-state index in [1.807, 2.05) is 72.8 Å². The topological polar surface area (TPSA) is 110 Å². The van der Waals surface area contributed by atoms with Crippen LogP contribution in [0.5, 0.6) is 23.0 Å². The van der Waals surface area contributed by atoms with Gasteiger partial charge < -0.3 is 39.0 Å². The number of aliphatic hydroxyl groups is 3. The molecule has 1 aliphatic heterocycles. The third-order valence-corrected chi connectivity index (χ3v) is 8.68. The van der Waals surface area contributed by atoms with Crippen LogP contribution < -0.4 is 18.9 Å². The number of aliphatic hydroxyl groups excluding tert-OH is 3. The van der Waals surface area contributed by atoms with Crippen molar-refractivity contribution in [1.82, 2.24) is 0 Å². The van der Waals surface area contributed by atoms with Crippen molar-refractivity contribution in [2.45, 2.75) is 56.8 Å². The van der Waals surface area contributed by atoms with Crippen molar-refractivity contribution in [2.75, 3.05) is 39.6 Å². The molecular formula is C39H46O8. The van der Waals surface area contributed by atoms with Gasteiger partial charge in [-0.05, 0) is 70.8 Å². The summed E-state index contributed by atoms with van der Waals surface area (Å²) in [5, 5.41) is 29.0. The minimum atomic E-state index is -0.902. The Hall–Kier alpha value is -4.08. The Kier molecular flexibility index (Phi) is 11.1. The number of hydrogen-bond acceptors (Lipinski definition) is 8. The fourth-order valence-corrected chi connectivity index (χ4v) is 5.24. The van der Waals surface area contributed by atoms with Crippen LogP contribution in [0.1, 0.15) is 49.9 Å². The van der Waals surface area contributed by atoms with E-state index in [1.165, 1.54) is 5.56 Å². The number of epoxide rings is 1. The van der Waals surface area contributed by atoms with Crippen molar-refractivity contribution in [3.05, 3.63) is 119 Å². The van der Waals surface area contributed by atoms with Crippen molar-refractivity contribution in [1.29, 1.82) is 0 Å². The maximum atomic E-state index is 10.5. The van der Waals surface area contributed by atoms with E-state index < -0.39 is 12.2 Å². The summed E-state index contributed by atoms with van der Waals surface area (Å²) in [5.41, 5.74) is 4.06. The van der Waals surface area contributed by atoms with Crippen molar-refractivity contribution >= 4 is 0 Å². The van der Waals surface area contributed by atoms with Crippen LogP contribution >= 0.6 is 0 Å². The molecule has 1 fully saturated rings. The van der Waals surface area contributed by atoms with Crippen LogP contribution in [0.2, 0.25) is 0 Å². The molecule has 8 heteroatoms. The zero-order chi connectivity index (χ0) is 33.4. The Morgan fingerprint density at radius 3 is 1.15 bits per heavy atom. The molecule has 0 saturated carbocycles. The summed E-state index contributed by atoms with van der Waals surface area (Å²) in [4.78, 5) is 0. The summed E-state index contributed by atoms with van der Waals surface area (Å²) in [5.74, 6) is 2.82. The highest BCUT2D eigenvalue weighted by Gasteiger charge is 2.26. The zero-order valence-electron chi connectivity index (χ0n) is 27.6. The Labute approximate surface area is 277 Å². The van der Waals surface area contributed by atoms with Crippen molar-refractivity contribution in [3.8, 4) is 23.0 Å². The highest BCUT2D eigenvalue weighted by Crippen LogP contribution is 2.35. The summed E-state index contributed by atoms with van der Waals surface area (Å²) in [6, 6.07) is 31.8. The van der Waals surface area contributed by atoms with Crippen molar-refractivity contribution < 1.29 is 39.0 Å². The molecule has 4 aromatic carbocycles. The highest BCUT2D eigenvalue weighted by atomic mass is 16.6.